The van der Waals surface area contributed by atoms with Gasteiger partial charge in [0.2, 0.25) is 0 Å². The smallest absolute Gasteiger partial charge is 0.133 e. The van der Waals surface area contributed by atoms with E-state index in [1.807, 2.05) is 42.6 Å². The van der Waals surface area contributed by atoms with Crippen LogP contribution < -0.4 is 0 Å². The van der Waals surface area contributed by atoms with E-state index < -0.39 is 11.6 Å². The van der Waals surface area contributed by atoms with Gasteiger partial charge in [0.15, 0.2) is 0 Å². The Morgan fingerprint density at radius 1 is 0.926 bits per heavy atom. The van der Waals surface area contributed by atoms with Crippen LogP contribution in [0.25, 0.3) is 17.2 Å². The van der Waals surface area contributed by atoms with Crippen LogP contribution in [0.15, 0.2) is 77.6 Å². The van der Waals surface area contributed by atoms with Crippen LogP contribution in [0.3, 0.4) is 0 Å². The van der Waals surface area contributed by atoms with Gasteiger partial charge in [-0.05, 0) is 65.9 Å². The summed E-state index contributed by atoms with van der Waals surface area (Å²) < 4.78 is 27.3. The molecule has 134 valence electrons. The monoisotopic (exact) mass is 360 g/mol. The maximum absolute atomic E-state index is 14.1. The average molecular weight is 360 g/mol. The van der Waals surface area contributed by atoms with Gasteiger partial charge in [-0.3, -0.25) is 9.98 Å². The number of nitrogens with zero attached hydrogens (tertiary/aromatic N) is 2. The van der Waals surface area contributed by atoms with Gasteiger partial charge in [-0.15, -0.1) is 0 Å². The Morgan fingerprint density at radius 2 is 1.81 bits per heavy atom. The molecule has 0 saturated carbocycles. The molecule has 27 heavy (non-hydrogen) atoms. The predicted molar refractivity (Wildman–Crippen MR) is 105 cm³/mol. The van der Waals surface area contributed by atoms with Crippen molar-refractivity contribution >= 4 is 11.8 Å². The van der Waals surface area contributed by atoms with E-state index >= 15 is 0 Å². The molecule has 0 atom stereocenters. The molecule has 0 N–H and O–H groups in total. The maximum Gasteiger partial charge on any atom is 0.133 e. The molecule has 4 heteroatoms. The number of aliphatic imine (C=N–C) groups is 1. The third-order valence-electron chi connectivity index (χ3n) is 4.58. The summed E-state index contributed by atoms with van der Waals surface area (Å²) in [7, 11) is 0. The van der Waals surface area contributed by atoms with Gasteiger partial charge in [-0.2, -0.15) is 0 Å². The lowest BCUT2D eigenvalue weighted by atomic mass is 9.94. The largest absolute Gasteiger partial charge is 0.284 e. The summed E-state index contributed by atoms with van der Waals surface area (Å²) >= 11 is 0. The summed E-state index contributed by atoms with van der Waals surface area (Å²) in [4.78, 5) is 8.88. The van der Waals surface area contributed by atoms with Crippen LogP contribution in [0.2, 0.25) is 0 Å². The second-order valence-electron chi connectivity index (χ2n) is 6.49. The van der Waals surface area contributed by atoms with Gasteiger partial charge in [0.25, 0.3) is 0 Å². The molecule has 1 aliphatic rings. The fraction of sp³-hybridized carbons (Fsp3) is 0.130. The van der Waals surface area contributed by atoms with Crippen molar-refractivity contribution in [1.82, 2.24) is 4.98 Å². The van der Waals surface area contributed by atoms with Crippen molar-refractivity contribution in [1.29, 1.82) is 0 Å². The van der Waals surface area contributed by atoms with Gasteiger partial charge in [0.1, 0.15) is 11.6 Å². The molecule has 0 fully saturated rings. The summed E-state index contributed by atoms with van der Waals surface area (Å²) in [6.45, 7) is 0.808. The molecule has 3 aromatic rings. The predicted octanol–water partition coefficient (Wildman–Crippen LogP) is 5.69. The Bertz CT molecular complexity index is 1020. The normalized spacial score (nSPS) is 15.6. The van der Waals surface area contributed by atoms with E-state index in [0.717, 1.165) is 53.4 Å². The zero-order chi connectivity index (χ0) is 18.6. The van der Waals surface area contributed by atoms with Crippen LogP contribution in [-0.4, -0.2) is 17.2 Å². The molecule has 0 unspecified atom stereocenters. The van der Waals surface area contributed by atoms with Crippen LogP contribution in [0.5, 0.6) is 0 Å². The van der Waals surface area contributed by atoms with Crippen LogP contribution >= 0.6 is 0 Å². The van der Waals surface area contributed by atoms with E-state index in [4.69, 9.17) is 0 Å². The Balaban J connectivity index is 1.71. The average Bonchev–Trinajstić information content (AvgIpc) is 2.69. The first-order valence-electron chi connectivity index (χ1n) is 8.92. The molecule has 2 nitrogen and oxygen atoms in total. The SMILES string of the molecule is Fc1ccc(-c2cccc(/C=C3/CCCN=C3c3cccnc3)c2)c(F)c1. The molecule has 0 spiro atoms. The number of pyridine rings is 1. The van der Waals surface area contributed by atoms with Crippen LogP contribution in [-0.2, 0) is 0 Å². The lowest BCUT2D eigenvalue weighted by Crippen LogP contribution is -2.11. The quantitative estimate of drug-likeness (QED) is 0.589. The molecule has 0 radical (unpaired) electrons. The van der Waals surface area contributed by atoms with Crippen molar-refractivity contribution in [3.05, 3.63) is 95.3 Å². The number of hydrogen-bond acceptors (Lipinski definition) is 2. The number of hydrogen-bond donors (Lipinski definition) is 0. The van der Waals surface area contributed by atoms with Crippen molar-refractivity contribution in [3.8, 4) is 11.1 Å². The molecule has 0 saturated heterocycles. The summed E-state index contributed by atoms with van der Waals surface area (Å²) in [6, 6.07) is 15.2. The molecular formula is C23H18F2N2. The highest BCUT2D eigenvalue weighted by Gasteiger charge is 2.14. The number of benzene rings is 2. The lowest BCUT2D eigenvalue weighted by molar-refractivity contribution is 0.585. The van der Waals surface area contributed by atoms with Gasteiger partial charge in [-0.1, -0.05) is 18.2 Å². The van der Waals surface area contributed by atoms with Gasteiger partial charge >= 0.3 is 0 Å². The Labute approximate surface area is 156 Å². The Kier molecular flexibility index (Phi) is 4.88. The summed E-state index contributed by atoms with van der Waals surface area (Å²) in [5.74, 6) is -1.14. The molecule has 1 aliphatic heterocycles. The van der Waals surface area contributed by atoms with Crippen LogP contribution in [0, 0.1) is 11.6 Å². The second kappa shape index (κ2) is 7.62. The first-order valence-corrected chi connectivity index (χ1v) is 8.92. The third-order valence-corrected chi connectivity index (χ3v) is 4.58. The van der Waals surface area contributed by atoms with Crippen molar-refractivity contribution in [2.45, 2.75) is 12.8 Å². The summed E-state index contributed by atoms with van der Waals surface area (Å²) in [5.41, 5.74) is 5.19. The first kappa shape index (κ1) is 17.3. The highest BCUT2D eigenvalue weighted by atomic mass is 19.1. The Hall–Kier alpha value is -3.14. The van der Waals surface area contributed by atoms with Crippen molar-refractivity contribution < 1.29 is 8.78 Å². The summed E-state index contributed by atoms with van der Waals surface area (Å²) in [6.07, 6.45) is 7.60. The first-order chi connectivity index (χ1) is 13.2. The lowest BCUT2D eigenvalue weighted by Gasteiger charge is -2.16. The second-order valence-corrected chi connectivity index (χ2v) is 6.49. The molecule has 1 aromatic heterocycles. The minimum Gasteiger partial charge on any atom is -0.284 e. The van der Waals surface area contributed by atoms with E-state index in [9.17, 15) is 8.78 Å². The van der Waals surface area contributed by atoms with Gasteiger partial charge in [0.05, 0.1) is 5.71 Å². The van der Waals surface area contributed by atoms with Crippen molar-refractivity contribution in [2.24, 2.45) is 4.99 Å². The van der Waals surface area contributed by atoms with E-state index in [2.05, 4.69) is 16.1 Å². The number of halogens is 2. The standard InChI is InChI=1S/C23H18F2N2/c24-20-8-9-21(22(25)14-20)17-5-1-4-16(12-17)13-18-6-3-11-27-23(18)19-7-2-10-26-15-19/h1-2,4-5,7-10,12-15H,3,6,11H2/b18-13-. The zero-order valence-corrected chi connectivity index (χ0v) is 14.7. The highest BCUT2D eigenvalue weighted by Crippen LogP contribution is 2.27. The fourth-order valence-electron chi connectivity index (χ4n) is 3.32. The molecular weight excluding hydrogens is 342 g/mol. The highest BCUT2D eigenvalue weighted by molar-refractivity contribution is 6.15. The number of allylic oxidation sites excluding steroid dienone is 1. The Morgan fingerprint density at radius 3 is 2.63 bits per heavy atom. The third kappa shape index (κ3) is 3.85. The van der Waals surface area contributed by atoms with Crippen LogP contribution in [0.4, 0.5) is 8.78 Å². The van der Waals surface area contributed by atoms with E-state index in [1.165, 1.54) is 12.1 Å². The van der Waals surface area contributed by atoms with Gasteiger partial charge < -0.3 is 0 Å². The molecule has 2 aromatic carbocycles. The van der Waals surface area contributed by atoms with E-state index in [-0.39, 0.29) is 0 Å². The molecule has 4 rings (SSSR count). The molecule has 2 heterocycles. The van der Waals surface area contributed by atoms with Gasteiger partial charge in [0, 0.05) is 36.1 Å². The van der Waals surface area contributed by atoms with Crippen LogP contribution in [0.1, 0.15) is 24.0 Å². The fourth-order valence-corrected chi connectivity index (χ4v) is 3.32. The minimum absolute atomic E-state index is 0.390. The zero-order valence-electron chi connectivity index (χ0n) is 14.7. The topological polar surface area (TPSA) is 25.2 Å². The maximum atomic E-state index is 14.1. The molecule has 0 bridgehead atoms. The van der Waals surface area contributed by atoms with Crippen molar-refractivity contribution in [2.75, 3.05) is 6.54 Å². The summed E-state index contributed by atoms with van der Waals surface area (Å²) in [5, 5.41) is 0. The van der Waals surface area contributed by atoms with Crippen molar-refractivity contribution in [3.63, 3.8) is 0 Å². The van der Waals surface area contributed by atoms with E-state index in [1.54, 1.807) is 6.20 Å². The van der Waals surface area contributed by atoms with Gasteiger partial charge in [-0.25, -0.2) is 8.78 Å². The number of aromatic nitrogens is 1. The van der Waals surface area contributed by atoms with E-state index in [0.29, 0.717) is 5.56 Å². The molecule has 0 aliphatic carbocycles. The number of rotatable bonds is 3. The minimum atomic E-state index is -0.575. The molecule has 0 amide bonds.